The molecule has 1 amide bonds. The van der Waals surface area contributed by atoms with Crippen molar-refractivity contribution >= 4 is 16.8 Å². The van der Waals surface area contributed by atoms with Crippen molar-refractivity contribution in [1.29, 1.82) is 0 Å². The van der Waals surface area contributed by atoms with E-state index in [1.165, 1.54) is 25.5 Å². The standard InChI is InChI=1S/C19H24N2O3/c1-13-6-2-5-9-17(13)24-11-10-20-19(23)15-12-21-16-8-4-3-7-14(16)18(15)22/h3-4,7-8,12-13,17H,2,5-6,9-11H2,1H3,(H,20,23)(H,21,22)/t13-,17+/m1/s1. The molecule has 0 bridgehead atoms. The summed E-state index contributed by atoms with van der Waals surface area (Å²) < 4.78 is 5.88. The molecule has 24 heavy (non-hydrogen) atoms. The van der Waals surface area contributed by atoms with E-state index in [2.05, 4.69) is 17.2 Å². The minimum atomic E-state index is -0.359. The Morgan fingerprint density at radius 2 is 2.08 bits per heavy atom. The minimum Gasteiger partial charge on any atom is -0.376 e. The van der Waals surface area contributed by atoms with E-state index < -0.39 is 0 Å². The molecule has 5 nitrogen and oxygen atoms in total. The third-order valence-corrected chi connectivity index (χ3v) is 4.79. The second-order valence-corrected chi connectivity index (χ2v) is 6.50. The molecule has 2 atom stereocenters. The molecule has 0 radical (unpaired) electrons. The first-order chi connectivity index (χ1) is 11.7. The number of benzene rings is 1. The smallest absolute Gasteiger partial charge is 0.256 e. The van der Waals surface area contributed by atoms with E-state index >= 15 is 0 Å². The summed E-state index contributed by atoms with van der Waals surface area (Å²) in [6.45, 7) is 3.11. The van der Waals surface area contributed by atoms with E-state index in [9.17, 15) is 9.59 Å². The van der Waals surface area contributed by atoms with Crippen molar-refractivity contribution in [1.82, 2.24) is 10.3 Å². The maximum Gasteiger partial charge on any atom is 0.256 e. The number of carbonyl (C=O) groups is 1. The zero-order valence-corrected chi connectivity index (χ0v) is 14.0. The summed E-state index contributed by atoms with van der Waals surface area (Å²) in [4.78, 5) is 27.6. The van der Waals surface area contributed by atoms with E-state index in [1.807, 2.05) is 12.1 Å². The van der Waals surface area contributed by atoms with Crippen LogP contribution in [0.2, 0.25) is 0 Å². The summed E-state index contributed by atoms with van der Waals surface area (Å²) in [6, 6.07) is 7.18. The Morgan fingerprint density at radius 3 is 2.92 bits per heavy atom. The first kappa shape index (κ1) is 16.7. The molecule has 2 aromatic rings. The number of aromatic amines is 1. The van der Waals surface area contributed by atoms with Crippen LogP contribution in [0.5, 0.6) is 0 Å². The Labute approximate surface area is 141 Å². The average Bonchev–Trinajstić information content (AvgIpc) is 2.60. The summed E-state index contributed by atoms with van der Waals surface area (Å²) >= 11 is 0. The van der Waals surface area contributed by atoms with E-state index in [-0.39, 0.29) is 16.9 Å². The Morgan fingerprint density at radius 1 is 1.29 bits per heavy atom. The van der Waals surface area contributed by atoms with Gasteiger partial charge in [0.15, 0.2) is 0 Å². The van der Waals surface area contributed by atoms with E-state index in [0.717, 1.165) is 11.9 Å². The second kappa shape index (κ2) is 7.62. The van der Waals surface area contributed by atoms with Crippen LogP contribution in [0.1, 0.15) is 43.0 Å². The fraction of sp³-hybridized carbons (Fsp3) is 0.474. The predicted octanol–water partition coefficient (Wildman–Crippen LogP) is 2.85. The highest BCUT2D eigenvalue weighted by molar-refractivity contribution is 5.97. The zero-order chi connectivity index (χ0) is 16.9. The lowest BCUT2D eigenvalue weighted by atomic mass is 9.88. The van der Waals surface area contributed by atoms with Gasteiger partial charge in [0.2, 0.25) is 5.43 Å². The largest absolute Gasteiger partial charge is 0.376 e. The highest BCUT2D eigenvalue weighted by Crippen LogP contribution is 2.25. The fourth-order valence-corrected chi connectivity index (χ4v) is 3.34. The summed E-state index contributed by atoms with van der Waals surface area (Å²) in [5.74, 6) is 0.222. The van der Waals surface area contributed by atoms with Crippen LogP contribution in [0.25, 0.3) is 10.9 Å². The quantitative estimate of drug-likeness (QED) is 0.829. The molecule has 0 saturated heterocycles. The summed E-state index contributed by atoms with van der Waals surface area (Å²) in [7, 11) is 0. The Kier molecular flexibility index (Phi) is 5.30. The Balaban J connectivity index is 1.55. The normalized spacial score (nSPS) is 20.9. The van der Waals surface area contributed by atoms with Crippen molar-refractivity contribution < 1.29 is 9.53 Å². The lowest BCUT2D eigenvalue weighted by Gasteiger charge is -2.28. The second-order valence-electron chi connectivity index (χ2n) is 6.50. The van der Waals surface area contributed by atoms with Gasteiger partial charge in [-0.15, -0.1) is 0 Å². The first-order valence-electron chi connectivity index (χ1n) is 8.67. The molecular weight excluding hydrogens is 304 g/mol. The van der Waals surface area contributed by atoms with Gasteiger partial charge in [-0.1, -0.05) is 31.9 Å². The molecule has 5 heteroatoms. The van der Waals surface area contributed by atoms with Gasteiger partial charge in [0.05, 0.1) is 12.7 Å². The van der Waals surface area contributed by atoms with Crippen molar-refractivity contribution in [3.05, 3.63) is 46.2 Å². The molecule has 0 unspecified atom stereocenters. The number of ether oxygens (including phenoxy) is 1. The molecule has 1 aliphatic rings. The monoisotopic (exact) mass is 328 g/mol. The maximum absolute atomic E-state index is 12.4. The number of para-hydroxylation sites is 1. The van der Waals surface area contributed by atoms with Crippen LogP contribution in [0, 0.1) is 5.92 Å². The van der Waals surface area contributed by atoms with Gasteiger partial charge in [-0.25, -0.2) is 0 Å². The number of aromatic nitrogens is 1. The molecule has 128 valence electrons. The van der Waals surface area contributed by atoms with Crippen molar-refractivity contribution in [3.63, 3.8) is 0 Å². The number of hydrogen-bond acceptors (Lipinski definition) is 3. The van der Waals surface area contributed by atoms with Crippen LogP contribution in [0.15, 0.2) is 35.3 Å². The molecule has 3 rings (SSSR count). The van der Waals surface area contributed by atoms with Gasteiger partial charge in [0.25, 0.3) is 5.91 Å². The van der Waals surface area contributed by atoms with Gasteiger partial charge in [-0.3, -0.25) is 9.59 Å². The lowest BCUT2D eigenvalue weighted by molar-refractivity contribution is -0.00294. The molecule has 1 aromatic heterocycles. The van der Waals surface area contributed by atoms with Crippen LogP contribution < -0.4 is 10.7 Å². The SMILES string of the molecule is C[C@@H]1CCCC[C@@H]1OCCNC(=O)c1c[nH]c2ccccc2c1=O. The number of amides is 1. The Hall–Kier alpha value is -2.14. The lowest BCUT2D eigenvalue weighted by Crippen LogP contribution is -2.33. The molecule has 1 heterocycles. The van der Waals surface area contributed by atoms with Crippen molar-refractivity contribution in [3.8, 4) is 0 Å². The number of nitrogens with one attached hydrogen (secondary N) is 2. The topological polar surface area (TPSA) is 71.2 Å². The predicted molar refractivity (Wildman–Crippen MR) is 94.3 cm³/mol. The van der Waals surface area contributed by atoms with Gasteiger partial charge in [0, 0.05) is 23.6 Å². The van der Waals surface area contributed by atoms with Gasteiger partial charge >= 0.3 is 0 Å². The van der Waals surface area contributed by atoms with Gasteiger partial charge in [0.1, 0.15) is 5.56 Å². The minimum absolute atomic E-state index is 0.139. The van der Waals surface area contributed by atoms with Crippen molar-refractivity contribution in [2.24, 2.45) is 5.92 Å². The van der Waals surface area contributed by atoms with E-state index in [1.54, 1.807) is 12.1 Å². The van der Waals surface area contributed by atoms with Gasteiger partial charge in [-0.05, 0) is 30.9 Å². The van der Waals surface area contributed by atoms with Crippen LogP contribution in [-0.2, 0) is 4.74 Å². The average molecular weight is 328 g/mol. The highest BCUT2D eigenvalue weighted by atomic mass is 16.5. The number of hydrogen-bond donors (Lipinski definition) is 2. The van der Waals surface area contributed by atoms with Crippen LogP contribution in [0.3, 0.4) is 0 Å². The highest BCUT2D eigenvalue weighted by Gasteiger charge is 2.21. The number of H-pyrrole nitrogens is 1. The fourth-order valence-electron chi connectivity index (χ4n) is 3.34. The summed E-state index contributed by atoms with van der Waals surface area (Å²) in [5.41, 5.74) is 0.622. The van der Waals surface area contributed by atoms with Gasteiger partial charge < -0.3 is 15.0 Å². The number of pyridine rings is 1. The maximum atomic E-state index is 12.4. The zero-order valence-electron chi connectivity index (χ0n) is 14.0. The number of fused-ring (bicyclic) bond motifs is 1. The van der Waals surface area contributed by atoms with Crippen molar-refractivity contribution in [2.45, 2.75) is 38.7 Å². The molecule has 0 aliphatic heterocycles. The molecule has 1 saturated carbocycles. The number of rotatable bonds is 5. The first-order valence-corrected chi connectivity index (χ1v) is 8.67. The summed E-state index contributed by atoms with van der Waals surface area (Å²) in [5, 5.41) is 3.30. The molecule has 2 N–H and O–H groups in total. The van der Waals surface area contributed by atoms with Gasteiger partial charge in [-0.2, -0.15) is 0 Å². The number of carbonyl (C=O) groups excluding carboxylic acids is 1. The third kappa shape index (κ3) is 3.67. The van der Waals surface area contributed by atoms with Crippen LogP contribution >= 0.6 is 0 Å². The molecule has 1 aliphatic carbocycles. The molecular formula is C19H24N2O3. The Bertz CT molecular complexity index is 769. The third-order valence-electron chi connectivity index (χ3n) is 4.79. The van der Waals surface area contributed by atoms with Crippen molar-refractivity contribution in [2.75, 3.05) is 13.2 Å². The summed E-state index contributed by atoms with van der Waals surface area (Å²) in [6.07, 6.45) is 6.57. The molecule has 0 spiro atoms. The van der Waals surface area contributed by atoms with Crippen LogP contribution in [0.4, 0.5) is 0 Å². The van der Waals surface area contributed by atoms with E-state index in [4.69, 9.17) is 4.74 Å². The van der Waals surface area contributed by atoms with E-state index in [0.29, 0.717) is 30.6 Å². The van der Waals surface area contributed by atoms with Crippen LogP contribution in [-0.4, -0.2) is 30.1 Å². The molecule has 1 aromatic carbocycles. The molecule has 1 fully saturated rings.